The maximum atomic E-state index is 13.2. The SMILES string of the molecule is Cc1c(C=Cc2ccccc2)c(-c2ccccc2C(=O)O)cn(Cc2ccccc2)c1=O. The van der Waals surface area contributed by atoms with E-state index in [0.29, 0.717) is 23.2 Å². The maximum Gasteiger partial charge on any atom is 0.336 e. The highest BCUT2D eigenvalue weighted by Gasteiger charge is 2.17. The van der Waals surface area contributed by atoms with E-state index in [0.717, 1.165) is 16.7 Å². The molecule has 0 saturated carbocycles. The normalized spacial score (nSPS) is 11.0. The fourth-order valence-electron chi connectivity index (χ4n) is 3.79. The van der Waals surface area contributed by atoms with E-state index in [1.807, 2.05) is 78.9 Å². The van der Waals surface area contributed by atoms with Crippen LogP contribution in [-0.2, 0) is 6.54 Å². The number of benzene rings is 3. The predicted octanol–water partition coefficient (Wildman–Crippen LogP) is 5.74. The topological polar surface area (TPSA) is 59.3 Å². The van der Waals surface area contributed by atoms with Gasteiger partial charge in [0.2, 0.25) is 0 Å². The molecule has 0 bridgehead atoms. The van der Waals surface area contributed by atoms with Crippen LogP contribution in [-0.4, -0.2) is 15.6 Å². The molecule has 0 aliphatic carbocycles. The summed E-state index contributed by atoms with van der Waals surface area (Å²) in [5.74, 6) is -1.00. The fourth-order valence-corrected chi connectivity index (χ4v) is 3.79. The van der Waals surface area contributed by atoms with Gasteiger partial charge in [-0.05, 0) is 35.2 Å². The van der Waals surface area contributed by atoms with Crippen molar-refractivity contribution in [2.75, 3.05) is 0 Å². The molecule has 0 aliphatic heterocycles. The van der Waals surface area contributed by atoms with Crippen LogP contribution in [0.4, 0.5) is 0 Å². The highest BCUT2D eigenvalue weighted by molar-refractivity contribution is 5.97. The Kier molecular flexibility index (Phi) is 6.13. The minimum absolute atomic E-state index is 0.0990. The first-order valence-corrected chi connectivity index (χ1v) is 10.4. The summed E-state index contributed by atoms with van der Waals surface area (Å²) in [5.41, 5.74) is 4.68. The molecule has 0 fully saturated rings. The molecule has 0 radical (unpaired) electrons. The average molecular weight is 421 g/mol. The van der Waals surface area contributed by atoms with Crippen LogP contribution in [0.25, 0.3) is 23.3 Å². The van der Waals surface area contributed by atoms with Crippen LogP contribution < -0.4 is 5.56 Å². The summed E-state index contributed by atoms with van der Waals surface area (Å²) in [6, 6.07) is 26.4. The molecule has 0 amide bonds. The molecule has 0 saturated heterocycles. The highest BCUT2D eigenvalue weighted by Crippen LogP contribution is 2.30. The molecule has 0 atom stereocenters. The van der Waals surface area contributed by atoms with E-state index < -0.39 is 5.97 Å². The Labute approximate surface area is 186 Å². The van der Waals surface area contributed by atoms with E-state index in [2.05, 4.69) is 0 Å². The minimum Gasteiger partial charge on any atom is -0.478 e. The van der Waals surface area contributed by atoms with E-state index in [1.165, 1.54) is 0 Å². The largest absolute Gasteiger partial charge is 0.478 e. The number of pyridine rings is 1. The van der Waals surface area contributed by atoms with Crippen molar-refractivity contribution < 1.29 is 9.90 Å². The summed E-state index contributed by atoms with van der Waals surface area (Å²) < 4.78 is 1.65. The smallest absolute Gasteiger partial charge is 0.336 e. The zero-order valence-corrected chi connectivity index (χ0v) is 17.7. The van der Waals surface area contributed by atoms with Crippen LogP contribution in [0.1, 0.15) is 32.6 Å². The van der Waals surface area contributed by atoms with Crippen molar-refractivity contribution in [1.82, 2.24) is 4.57 Å². The Morgan fingerprint density at radius 1 is 0.844 bits per heavy atom. The lowest BCUT2D eigenvalue weighted by atomic mass is 9.93. The molecule has 32 heavy (non-hydrogen) atoms. The Balaban J connectivity index is 1.92. The van der Waals surface area contributed by atoms with Crippen molar-refractivity contribution in [3.05, 3.63) is 129 Å². The summed E-state index contributed by atoms with van der Waals surface area (Å²) in [4.78, 5) is 25.1. The van der Waals surface area contributed by atoms with Gasteiger partial charge in [-0.15, -0.1) is 0 Å². The van der Waals surface area contributed by atoms with Gasteiger partial charge in [0.1, 0.15) is 0 Å². The summed E-state index contributed by atoms with van der Waals surface area (Å²) >= 11 is 0. The van der Waals surface area contributed by atoms with E-state index in [4.69, 9.17) is 0 Å². The second-order valence-electron chi connectivity index (χ2n) is 7.59. The zero-order valence-electron chi connectivity index (χ0n) is 17.7. The number of carboxylic acid groups (broad SMARTS) is 1. The molecule has 0 unspecified atom stereocenters. The van der Waals surface area contributed by atoms with E-state index >= 15 is 0 Å². The number of nitrogens with zero attached hydrogens (tertiary/aromatic N) is 1. The van der Waals surface area contributed by atoms with Gasteiger partial charge in [-0.25, -0.2) is 4.79 Å². The third kappa shape index (κ3) is 4.44. The first-order chi connectivity index (χ1) is 15.5. The Morgan fingerprint density at radius 2 is 1.47 bits per heavy atom. The van der Waals surface area contributed by atoms with Crippen LogP contribution in [0.2, 0.25) is 0 Å². The van der Waals surface area contributed by atoms with Gasteiger partial charge in [-0.2, -0.15) is 0 Å². The van der Waals surface area contributed by atoms with Crippen molar-refractivity contribution in [2.45, 2.75) is 13.5 Å². The highest BCUT2D eigenvalue weighted by atomic mass is 16.4. The van der Waals surface area contributed by atoms with Gasteiger partial charge in [0.25, 0.3) is 5.56 Å². The summed E-state index contributed by atoms with van der Waals surface area (Å²) in [6.07, 6.45) is 5.61. The van der Waals surface area contributed by atoms with E-state index in [1.54, 1.807) is 35.9 Å². The molecule has 1 N–H and O–H groups in total. The minimum atomic E-state index is -1.00. The second kappa shape index (κ2) is 9.31. The standard InChI is InChI=1S/C28H23NO3/c1-20-23(17-16-21-10-4-2-5-11-21)26(24-14-8-9-15-25(24)28(31)32)19-29(27(20)30)18-22-12-6-3-7-13-22/h2-17,19H,18H2,1H3,(H,31,32). The number of carboxylic acids is 1. The van der Waals surface area contributed by atoms with Crippen LogP contribution in [0, 0.1) is 6.92 Å². The Hall–Kier alpha value is -4.18. The quantitative estimate of drug-likeness (QED) is 0.432. The number of hydrogen-bond acceptors (Lipinski definition) is 2. The molecule has 4 heteroatoms. The molecule has 0 aliphatic rings. The van der Waals surface area contributed by atoms with Crippen LogP contribution >= 0.6 is 0 Å². The summed E-state index contributed by atoms with van der Waals surface area (Å²) in [5, 5.41) is 9.77. The first-order valence-electron chi connectivity index (χ1n) is 10.4. The number of carbonyl (C=O) groups is 1. The number of aromatic carboxylic acids is 1. The molecule has 1 heterocycles. The van der Waals surface area contributed by atoms with Crippen molar-refractivity contribution in [3.63, 3.8) is 0 Å². The molecule has 4 rings (SSSR count). The maximum absolute atomic E-state index is 13.2. The summed E-state index contributed by atoms with van der Waals surface area (Å²) in [7, 11) is 0. The third-order valence-electron chi connectivity index (χ3n) is 5.45. The van der Waals surface area contributed by atoms with Crippen molar-refractivity contribution in [3.8, 4) is 11.1 Å². The van der Waals surface area contributed by atoms with Crippen molar-refractivity contribution in [2.24, 2.45) is 0 Å². The van der Waals surface area contributed by atoms with Gasteiger partial charge >= 0.3 is 5.97 Å². The molecule has 158 valence electrons. The summed E-state index contributed by atoms with van der Waals surface area (Å²) in [6.45, 7) is 2.20. The molecule has 0 spiro atoms. The lowest BCUT2D eigenvalue weighted by molar-refractivity contribution is 0.0697. The van der Waals surface area contributed by atoms with Crippen LogP contribution in [0.15, 0.2) is 95.9 Å². The lowest BCUT2D eigenvalue weighted by Gasteiger charge is -2.16. The molecular formula is C28H23NO3. The predicted molar refractivity (Wildman–Crippen MR) is 129 cm³/mol. The van der Waals surface area contributed by atoms with Gasteiger partial charge in [-0.3, -0.25) is 4.79 Å². The fraction of sp³-hybridized carbons (Fsp3) is 0.0714. The van der Waals surface area contributed by atoms with Crippen LogP contribution in [0.5, 0.6) is 0 Å². The molecule has 1 aromatic heterocycles. The second-order valence-corrected chi connectivity index (χ2v) is 7.59. The Morgan fingerprint density at radius 3 is 2.16 bits per heavy atom. The van der Waals surface area contributed by atoms with E-state index in [9.17, 15) is 14.7 Å². The lowest BCUT2D eigenvalue weighted by Crippen LogP contribution is -2.24. The van der Waals surface area contributed by atoms with Gasteiger partial charge in [0.15, 0.2) is 0 Å². The van der Waals surface area contributed by atoms with Crippen molar-refractivity contribution >= 4 is 18.1 Å². The van der Waals surface area contributed by atoms with Gasteiger partial charge in [0.05, 0.1) is 12.1 Å². The number of hydrogen-bond donors (Lipinski definition) is 1. The third-order valence-corrected chi connectivity index (χ3v) is 5.45. The zero-order chi connectivity index (χ0) is 22.5. The van der Waals surface area contributed by atoms with Gasteiger partial charge in [0, 0.05) is 17.3 Å². The first kappa shape index (κ1) is 21.1. The number of rotatable bonds is 6. The van der Waals surface area contributed by atoms with Gasteiger partial charge < -0.3 is 9.67 Å². The Bertz CT molecular complexity index is 1340. The van der Waals surface area contributed by atoms with Crippen molar-refractivity contribution in [1.29, 1.82) is 0 Å². The molecule has 3 aromatic carbocycles. The molecule has 4 aromatic rings. The molecular weight excluding hydrogens is 398 g/mol. The molecule has 4 nitrogen and oxygen atoms in total. The average Bonchev–Trinajstić information content (AvgIpc) is 2.82. The van der Waals surface area contributed by atoms with Crippen LogP contribution in [0.3, 0.4) is 0 Å². The monoisotopic (exact) mass is 421 g/mol. The van der Waals surface area contributed by atoms with E-state index in [-0.39, 0.29) is 11.1 Å². The number of aromatic nitrogens is 1. The van der Waals surface area contributed by atoms with Gasteiger partial charge in [-0.1, -0.05) is 91.0 Å².